The molecule has 0 saturated carbocycles. The zero-order valence-corrected chi connectivity index (χ0v) is 23.6. The van der Waals surface area contributed by atoms with Crippen LogP contribution >= 0.6 is 0 Å². The summed E-state index contributed by atoms with van der Waals surface area (Å²) in [6.07, 6.45) is 11.2. The number of rotatable bonds is 24. The van der Waals surface area contributed by atoms with Crippen LogP contribution in [0.25, 0.3) is 0 Å². The Morgan fingerprint density at radius 2 is 0.917 bits per heavy atom. The highest BCUT2D eigenvalue weighted by Gasteiger charge is 2.06. The highest BCUT2D eigenvalue weighted by Crippen LogP contribution is 2.10. The van der Waals surface area contributed by atoms with E-state index in [-0.39, 0.29) is 25.2 Å². The number of esters is 2. The Hall–Kier alpha value is -1.22. The Morgan fingerprint density at radius 1 is 0.528 bits per heavy atom. The summed E-state index contributed by atoms with van der Waals surface area (Å²) >= 11 is 0. The summed E-state index contributed by atoms with van der Waals surface area (Å²) in [4.78, 5) is 23.2. The van der Waals surface area contributed by atoms with E-state index in [4.69, 9.17) is 29.2 Å². The number of carbonyl (C=O) groups is 2. The molecule has 0 heterocycles. The van der Waals surface area contributed by atoms with Crippen molar-refractivity contribution in [3.05, 3.63) is 0 Å². The van der Waals surface area contributed by atoms with Gasteiger partial charge in [0.05, 0.1) is 52.9 Å². The van der Waals surface area contributed by atoms with Crippen molar-refractivity contribution in [2.45, 2.75) is 105 Å². The second kappa shape index (κ2) is 30.0. The molecule has 0 bridgehead atoms. The maximum Gasteiger partial charge on any atom is 0.305 e. The summed E-state index contributed by atoms with van der Waals surface area (Å²) in [6.45, 7) is 11.7. The fourth-order valence-corrected chi connectivity index (χ4v) is 3.17. The number of unbranched alkanes of at least 4 members (excludes halogenated alkanes) is 5. The summed E-state index contributed by atoms with van der Waals surface area (Å²) in [5.74, 6) is 1.20. The lowest BCUT2D eigenvalue weighted by atomic mass is 10.1. The first-order valence-corrected chi connectivity index (χ1v) is 14.0. The molecule has 2 N–H and O–H groups in total. The van der Waals surface area contributed by atoms with E-state index in [0.29, 0.717) is 65.3 Å². The van der Waals surface area contributed by atoms with Gasteiger partial charge >= 0.3 is 11.9 Å². The topological polar surface area (TPSA) is 112 Å². The average Bonchev–Trinajstić information content (AvgIpc) is 2.83. The molecule has 0 saturated heterocycles. The van der Waals surface area contributed by atoms with Crippen LogP contribution in [0.3, 0.4) is 0 Å². The lowest BCUT2D eigenvalue weighted by molar-refractivity contribution is -0.146. The van der Waals surface area contributed by atoms with Gasteiger partial charge in [-0.25, -0.2) is 0 Å². The third kappa shape index (κ3) is 34.9. The van der Waals surface area contributed by atoms with Crippen molar-refractivity contribution in [2.75, 3.05) is 52.9 Å². The van der Waals surface area contributed by atoms with Gasteiger partial charge in [-0.2, -0.15) is 0 Å². The summed E-state index contributed by atoms with van der Waals surface area (Å²) in [7, 11) is 0. The van der Waals surface area contributed by atoms with E-state index in [0.717, 1.165) is 37.5 Å². The molecule has 8 nitrogen and oxygen atoms in total. The molecule has 0 unspecified atom stereocenters. The first-order valence-electron chi connectivity index (χ1n) is 14.0. The van der Waals surface area contributed by atoms with Crippen molar-refractivity contribution < 1.29 is 38.7 Å². The van der Waals surface area contributed by atoms with Gasteiger partial charge in [0.15, 0.2) is 0 Å². The zero-order valence-electron chi connectivity index (χ0n) is 23.6. The molecular formula is C28H56O8. The van der Waals surface area contributed by atoms with Crippen LogP contribution in [0.4, 0.5) is 0 Å². The van der Waals surface area contributed by atoms with E-state index in [2.05, 4.69) is 27.7 Å². The Labute approximate surface area is 220 Å². The van der Waals surface area contributed by atoms with Crippen molar-refractivity contribution in [3.8, 4) is 0 Å². The van der Waals surface area contributed by atoms with Gasteiger partial charge in [0.2, 0.25) is 0 Å². The summed E-state index contributed by atoms with van der Waals surface area (Å²) in [6, 6.07) is 0. The van der Waals surface area contributed by atoms with E-state index in [1.54, 1.807) is 0 Å². The van der Waals surface area contributed by atoms with Crippen molar-refractivity contribution in [3.63, 3.8) is 0 Å². The van der Waals surface area contributed by atoms with Crippen molar-refractivity contribution >= 4 is 11.9 Å². The van der Waals surface area contributed by atoms with Gasteiger partial charge in [-0.05, 0) is 37.5 Å². The third-order valence-corrected chi connectivity index (χ3v) is 5.23. The smallest absolute Gasteiger partial charge is 0.305 e. The Balaban J connectivity index is 0. The van der Waals surface area contributed by atoms with Crippen molar-refractivity contribution in [1.29, 1.82) is 0 Å². The first kappa shape index (κ1) is 36.9. The minimum atomic E-state index is -0.146. The standard InChI is InChI=1S/C22H42O4.C6H14O4/c1-19(2)13-7-5-11-17-25-21(23)15-9-10-16-22(24)26-18-12-6-8-14-20(3)4;7-1-3-9-5-6-10-4-2-8/h19-20H,5-18H2,1-4H3;7-8H,1-6H2. The van der Waals surface area contributed by atoms with Crippen molar-refractivity contribution in [1.82, 2.24) is 0 Å². The number of carbonyl (C=O) groups excluding carboxylic acids is 2. The Morgan fingerprint density at radius 3 is 1.25 bits per heavy atom. The quantitative estimate of drug-likeness (QED) is 0.134. The molecule has 0 radical (unpaired) electrons. The monoisotopic (exact) mass is 520 g/mol. The van der Waals surface area contributed by atoms with Gasteiger partial charge in [-0.15, -0.1) is 0 Å². The van der Waals surface area contributed by atoms with E-state index >= 15 is 0 Å². The second-order valence-corrected chi connectivity index (χ2v) is 9.81. The van der Waals surface area contributed by atoms with Gasteiger partial charge in [-0.1, -0.05) is 66.2 Å². The summed E-state index contributed by atoms with van der Waals surface area (Å²) < 4.78 is 20.2. The van der Waals surface area contributed by atoms with Gasteiger partial charge < -0.3 is 29.2 Å². The van der Waals surface area contributed by atoms with Gasteiger partial charge in [0.1, 0.15) is 0 Å². The van der Waals surface area contributed by atoms with Gasteiger partial charge in [0, 0.05) is 12.8 Å². The minimum Gasteiger partial charge on any atom is -0.466 e. The van der Waals surface area contributed by atoms with Gasteiger partial charge in [0.25, 0.3) is 0 Å². The molecule has 0 aliphatic rings. The summed E-state index contributed by atoms with van der Waals surface area (Å²) in [5, 5.41) is 16.5. The maximum absolute atomic E-state index is 11.6. The first-order chi connectivity index (χ1) is 17.3. The molecule has 0 aliphatic heterocycles. The van der Waals surface area contributed by atoms with E-state index in [1.807, 2.05) is 0 Å². The highest BCUT2D eigenvalue weighted by molar-refractivity contribution is 5.70. The molecule has 0 amide bonds. The molecule has 0 spiro atoms. The van der Waals surface area contributed by atoms with Crippen LogP contribution < -0.4 is 0 Å². The van der Waals surface area contributed by atoms with E-state index < -0.39 is 0 Å². The summed E-state index contributed by atoms with van der Waals surface area (Å²) in [5.41, 5.74) is 0. The van der Waals surface area contributed by atoms with Crippen LogP contribution in [0.15, 0.2) is 0 Å². The number of hydrogen-bond donors (Lipinski definition) is 2. The predicted molar refractivity (Wildman–Crippen MR) is 143 cm³/mol. The van der Waals surface area contributed by atoms with Crippen LogP contribution in [0.2, 0.25) is 0 Å². The fraction of sp³-hybridized carbons (Fsp3) is 0.929. The van der Waals surface area contributed by atoms with Gasteiger partial charge in [-0.3, -0.25) is 9.59 Å². The molecule has 36 heavy (non-hydrogen) atoms. The maximum atomic E-state index is 11.6. The fourth-order valence-electron chi connectivity index (χ4n) is 3.17. The number of aliphatic hydroxyl groups excluding tert-OH is 2. The molecule has 0 fully saturated rings. The molecule has 0 aliphatic carbocycles. The van der Waals surface area contributed by atoms with Crippen LogP contribution in [0.1, 0.15) is 105 Å². The zero-order chi connectivity index (χ0) is 27.3. The molecular weight excluding hydrogens is 464 g/mol. The van der Waals surface area contributed by atoms with Crippen LogP contribution in [-0.2, 0) is 28.5 Å². The molecule has 0 aromatic carbocycles. The number of ether oxygens (including phenoxy) is 4. The molecule has 0 atom stereocenters. The SMILES string of the molecule is CC(C)CCCCCOC(=O)CCCCC(=O)OCCCCCC(C)C.OCCOCCOCCO. The third-order valence-electron chi connectivity index (χ3n) is 5.23. The normalized spacial score (nSPS) is 10.9. The highest BCUT2D eigenvalue weighted by atomic mass is 16.5. The molecule has 0 rings (SSSR count). The predicted octanol–water partition coefficient (Wildman–Crippen LogP) is 5.07. The molecule has 8 heteroatoms. The second-order valence-electron chi connectivity index (χ2n) is 9.81. The molecule has 216 valence electrons. The Kier molecular flexibility index (Phi) is 30.8. The average molecular weight is 521 g/mol. The Bertz CT molecular complexity index is 426. The molecule has 0 aromatic heterocycles. The van der Waals surface area contributed by atoms with Crippen molar-refractivity contribution in [2.24, 2.45) is 11.8 Å². The molecule has 0 aromatic rings. The largest absolute Gasteiger partial charge is 0.466 e. The van der Waals surface area contributed by atoms with Crippen LogP contribution in [0, 0.1) is 11.8 Å². The van der Waals surface area contributed by atoms with Crippen LogP contribution in [-0.4, -0.2) is 75.0 Å². The lowest BCUT2D eigenvalue weighted by Crippen LogP contribution is -2.09. The minimum absolute atomic E-state index is 0.0417. The van der Waals surface area contributed by atoms with E-state index in [9.17, 15) is 9.59 Å². The lowest BCUT2D eigenvalue weighted by Gasteiger charge is -2.07. The van der Waals surface area contributed by atoms with Crippen LogP contribution in [0.5, 0.6) is 0 Å². The van der Waals surface area contributed by atoms with E-state index in [1.165, 1.54) is 25.7 Å². The number of aliphatic hydroxyl groups is 2. The number of hydrogen-bond acceptors (Lipinski definition) is 8.